The molecular weight excluding hydrogens is 244 g/mol. The first-order valence-corrected chi connectivity index (χ1v) is 6.50. The minimum absolute atomic E-state index is 0.633. The maximum Gasteiger partial charge on any atom is 0.181 e. The largest absolute Gasteiger partial charge is 0.242 e. The molecule has 4 nitrogen and oxygen atoms in total. The molecule has 0 bridgehead atoms. The Hall–Kier alpha value is -2.01. The smallest absolute Gasteiger partial charge is 0.181 e. The maximum atomic E-state index is 4.47. The van der Waals surface area contributed by atoms with Crippen molar-refractivity contribution in [1.82, 2.24) is 19.9 Å². The van der Waals surface area contributed by atoms with Crippen molar-refractivity contribution in [2.75, 3.05) is 0 Å². The highest BCUT2D eigenvalue weighted by Crippen LogP contribution is 2.21. The molecule has 0 amide bonds. The third-order valence-corrected chi connectivity index (χ3v) is 3.40. The van der Waals surface area contributed by atoms with Crippen molar-refractivity contribution in [3.05, 3.63) is 54.6 Å². The summed E-state index contributed by atoms with van der Waals surface area (Å²) < 4.78 is 0. The van der Waals surface area contributed by atoms with E-state index in [9.17, 15) is 0 Å². The number of nitrogens with zero attached hydrogens (tertiary/aromatic N) is 4. The third-order valence-electron chi connectivity index (χ3n) is 2.43. The second-order valence-corrected chi connectivity index (χ2v) is 4.71. The van der Waals surface area contributed by atoms with Crippen molar-refractivity contribution in [3.63, 3.8) is 0 Å². The van der Waals surface area contributed by atoms with Crippen molar-refractivity contribution in [2.24, 2.45) is 0 Å². The van der Waals surface area contributed by atoms with Crippen molar-refractivity contribution >= 4 is 22.9 Å². The van der Waals surface area contributed by atoms with Crippen molar-refractivity contribution < 1.29 is 0 Å². The zero-order chi connectivity index (χ0) is 12.2. The van der Waals surface area contributed by atoms with Crippen LogP contribution in [0.25, 0.3) is 11.2 Å². The topological polar surface area (TPSA) is 51.6 Å². The van der Waals surface area contributed by atoms with Gasteiger partial charge in [0.05, 0.1) is 12.4 Å². The zero-order valence-corrected chi connectivity index (χ0v) is 10.3. The molecule has 18 heavy (non-hydrogen) atoms. The lowest BCUT2D eigenvalue weighted by molar-refractivity contribution is 1.07. The summed E-state index contributed by atoms with van der Waals surface area (Å²) in [7, 11) is 0. The minimum Gasteiger partial charge on any atom is -0.242 e. The van der Waals surface area contributed by atoms with Crippen LogP contribution in [-0.4, -0.2) is 19.9 Å². The van der Waals surface area contributed by atoms with Crippen LogP contribution in [0.4, 0.5) is 0 Å². The molecule has 1 aromatic carbocycles. The number of benzene rings is 1. The van der Waals surface area contributed by atoms with Crippen LogP contribution in [0.3, 0.4) is 0 Å². The molecule has 5 heteroatoms. The Bertz CT molecular complexity index is 657. The van der Waals surface area contributed by atoms with Crippen LogP contribution < -0.4 is 0 Å². The molecule has 0 aliphatic carbocycles. The summed E-state index contributed by atoms with van der Waals surface area (Å²) in [6.07, 6.45) is 4.92. The van der Waals surface area contributed by atoms with Crippen molar-refractivity contribution in [2.45, 2.75) is 10.8 Å². The number of thioether (sulfide) groups is 1. The van der Waals surface area contributed by atoms with Gasteiger partial charge in [0.2, 0.25) is 0 Å². The van der Waals surface area contributed by atoms with Crippen molar-refractivity contribution in [1.29, 1.82) is 0 Å². The van der Waals surface area contributed by atoms with Crippen molar-refractivity contribution in [3.8, 4) is 0 Å². The molecule has 0 spiro atoms. The first kappa shape index (κ1) is 11.1. The van der Waals surface area contributed by atoms with Gasteiger partial charge in [-0.25, -0.2) is 19.9 Å². The predicted octanol–water partition coefficient (Wildman–Crippen LogP) is 2.71. The van der Waals surface area contributed by atoms with Gasteiger partial charge in [0.15, 0.2) is 5.65 Å². The van der Waals surface area contributed by atoms with Gasteiger partial charge in [-0.3, -0.25) is 0 Å². The summed E-state index contributed by atoms with van der Waals surface area (Å²) in [6.45, 7) is 0. The fourth-order valence-electron chi connectivity index (χ4n) is 1.56. The van der Waals surface area contributed by atoms with E-state index >= 15 is 0 Å². The average Bonchev–Trinajstić information content (AvgIpc) is 2.46. The Morgan fingerprint density at radius 3 is 2.78 bits per heavy atom. The Labute approximate surface area is 109 Å². The molecule has 0 fully saturated rings. The van der Waals surface area contributed by atoms with Gasteiger partial charge in [0, 0.05) is 5.75 Å². The molecule has 88 valence electrons. The van der Waals surface area contributed by atoms with Crippen LogP contribution in [0.15, 0.2) is 54.1 Å². The van der Waals surface area contributed by atoms with Gasteiger partial charge in [-0.1, -0.05) is 30.3 Å². The second kappa shape index (κ2) is 5.10. The highest BCUT2D eigenvalue weighted by atomic mass is 32.2. The first-order chi connectivity index (χ1) is 8.92. The van der Waals surface area contributed by atoms with Crippen LogP contribution in [0, 0.1) is 0 Å². The maximum absolute atomic E-state index is 4.47. The summed E-state index contributed by atoms with van der Waals surface area (Å²) in [6, 6.07) is 10.3. The van der Waals surface area contributed by atoms with Gasteiger partial charge in [-0.05, 0) is 5.56 Å². The Balaban J connectivity index is 1.79. The number of aromatic nitrogens is 4. The monoisotopic (exact) mass is 254 g/mol. The van der Waals surface area contributed by atoms with E-state index < -0.39 is 0 Å². The van der Waals surface area contributed by atoms with Crippen LogP contribution in [0.2, 0.25) is 0 Å². The van der Waals surface area contributed by atoms with Crippen LogP contribution in [0.1, 0.15) is 5.56 Å². The fourth-order valence-corrected chi connectivity index (χ4v) is 2.36. The number of rotatable bonds is 3. The minimum atomic E-state index is 0.633. The molecule has 0 aliphatic heterocycles. The average molecular weight is 254 g/mol. The lowest BCUT2D eigenvalue weighted by Gasteiger charge is -2.01. The fraction of sp³-hybridized carbons (Fsp3) is 0.0769. The van der Waals surface area contributed by atoms with Gasteiger partial charge in [-0.15, -0.1) is 11.8 Å². The highest BCUT2D eigenvalue weighted by Gasteiger charge is 2.01. The standard InChI is InChI=1S/C13H10N4S/c1-2-4-10(5-3-1)8-18-12-7-15-13-11(17-12)6-14-9-16-13/h1-7,9H,8H2. The van der Waals surface area contributed by atoms with Gasteiger partial charge in [0.1, 0.15) is 16.9 Å². The van der Waals surface area contributed by atoms with E-state index in [2.05, 4.69) is 32.1 Å². The lowest BCUT2D eigenvalue weighted by atomic mass is 10.2. The van der Waals surface area contributed by atoms with E-state index in [1.165, 1.54) is 11.9 Å². The number of fused-ring (bicyclic) bond motifs is 1. The predicted molar refractivity (Wildman–Crippen MR) is 71.1 cm³/mol. The lowest BCUT2D eigenvalue weighted by Crippen LogP contribution is -1.90. The molecule has 0 saturated carbocycles. The van der Waals surface area contributed by atoms with E-state index in [1.807, 2.05) is 18.2 Å². The molecule has 3 rings (SSSR count). The molecule has 0 aliphatic rings. The van der Waals surface area contributed by atoms with E-state index in [0.717, 1.165) is 16.3 Å². The van der Waals surface area contributed by atoms with Crippen LogP contribution in [0.5, 0.6) is 0 Å². The Morgan fingerprint density at radius 2 is 1.89 bits per heavy atom. The molecular formula is C13H10N4S. The van der Waals surface area contributed by atoms with Crippen LogP contribution >= 0.6 is 11.8 Å². The molecule has 0 saturated heterocycles. The van der Waals surface area contributed by atoms with E-state index in [-0.39, 0.29) is 0 Å². The highest BCUT2D eigenvalue weighted by molar-refractivity contribution is 7.98. The molecule has 0 unspecified atom stereocenters. The Kier molecular flexibility index (Phi) is 3.14. The SMILES string of the molecule is c1ccc(CSc2cnc3ncncc3n2)cc1. The number of hydrogen-bond acceptors (Lipinski definition) is 5. The summed E-state index contributed by atoms with van der Waals surface area (Å²) >= 11 is 1.66. The summed E-state index contributed by atoms with van der Waals surface area (Å²) in [5, 5.41) is 0.890. The second-order valence-electron chi connectivity index (χ2n) is 3.71. The molecule has 0 radical (unpaired) electrons. The van der Waals surface area contributed by atoms with Crippen LogP contribution in [-0.2, 0) is 5.75 Å². The molecule has 2 aromatic heterocycles. The normalized spacial score (nSPS) is 10.7. The van der Waals surface area contributed by atoms with Gasteiger partial charge < -0.3 is 0 Å². The summed E-state index contributed by atoms with van der Waals surface area (Å²) in [5.74, 6) is 0.884. The summed E-state index contributed by atoms with van der Waals surface area (Å²) in [4.78, 5) is 16.7. The summed E-state index contributed by atoms with van der Waals surface area (Å²) in [5.41, 5.74) is 2.64. The van der Waals surface area contributed by atoms with E-state index in [4.69, 9.17) is 0 Å². The number of hydrogen-bond donors (Lipinski definition) is 0. The van der Waals surface area contributed by atoms with E-state index in [0.29, 0.717) is 5.65 Å². The quantitative estimate of drug-likeness (QED) is 0.673. The molecule has 0 atom stereocenters. The Morgan fingerprint density at radius 1 is 1.00 bits per heavy atom. The molecule has 2 heterocycles. The van der Waals surface area contributed by atoms with Gasteiger partial charge in [0.25, 0.3) is 0 Å². The van der Waals surface area contributed by atoms with E-state index in [1.54, 1.807) is 24.2 Å². The zero-order valence-electron chi connectivity index (χ0n) is 9.52. The molecule has 3 aromatic rings. The van der Waals surface area contributed by atoms with Gasteiger partial charge in [-0.2, -0.15) is 0 Å². The first-order valence-electron chi connectivity index (χ1n) is 5.51. The van der Waals surface area contributed by atoms with Gasteiger partial charge >= 0.3 is 0 Å². The molecule has 0 N–H and O–H groups in total. The third kappa shape index (κ3) is 2.46.